The third-order valence-corrected chi connectivity index (χ3v) is 5.66. The van der Waals surface area contributed by atoms with Crippen molar-refractivity contribution in [1.82, 2.24) is 9.88 Å². The molecule has 0 radical (unpaired) electrons. The molecule has 0 spiro atoms. The van der Waals surface area contributed by atoms with Crippen molar-refractivity contribution in [2.24, 2.45) is 0 Å². The van der Waals surface area contributed by atoms with Crippen molar-refractivity contribution < 1.29 is 4.74 Å². The van der Waals surface area contributed by atoms with Gasteiger partial charge in [-0.2, -0.15) is 0 Å². The highest BCUT2D eigenvalue weighted by Crippen LogP contribution is 2.27. The summed E-state index contributed by atoms with van der Waals surface area (Å²) >= 11 is 1.72. The van der Waals surface area contributed by atoms with Crippen LogP contribution in [0.2, 0.25) is 0 Å². The second kappa shape index (κ2) is 7.42. The van der Waals surface area contributed by atoms with Crippen LogP contribution >= 0.6 is 11.3 Å². The Bertz CT molecular complexity index is 822. The highest BCUT2D eigenvalue weighted by atomic mass is 32.1. The van der Waals surface area contributed by atoms with Gasteiger partial charge in [0, 0.05) is 25.8 Å². The quantitative estimate of drug-likeness (QED) is 0.738. The summed E-state index contributed by atoms with van der Waals surface area (Å²) in [5, 5.41) is 6.79. The van der Waals surface area contributed by atoms with Crippen molar-refractivity contribution in [3.05, 3.63) is 53.5 Å². The number of piperidine rings is 1. The molecule has 1 aliphatic heterocycles. The van der Waals surface area contributed by atoms with Crippen LogP contribution in [0.5, 0.6) is 5.75 Å². The van der Waals surface area contributed by atoms with E-state index in [0.29, 0.717) is 6.10 Å². The average molecular weight is 353 g/mol. The van der Waals surface area contributed by atoms with E-state index in [2.05, 4.69) is 58.0 Å². The van der Waals surface area contributed by atoms with E-state index >= 15 is 0 Å². The Morgan fingerprint density at radius 2 is 1.96 bits per heavy atom. The molecule has 4 rings (SSSR count). The number of ether oxygens (including phenoxy) is 1. The monoisotopic (exact) mass is 353 g/mol. The highest BCUT2D eigenvalue weighted by Gasteiger charge is 2.17. The molecular weight excluding hydrogens is 330 g/mol. The molecule has 3 heterocycles. The molecule has 0 bridgehead atoms. The van der Waals surface area contributed by atoms with Crippen molar-refractivity contribution in [3.8, 4) is 5.75 Å². The number of rotatable bonds is 5. The fourth-order valence-electron chi connectivity index (χ4n) is 3.19. The van der Waals surface area contributed by atoms with E-state index in [1.54, 1.807) is 11.3 Å². The number of fused-ring (bicyclic) bond motifs is 1. The van der Waals surface area contributed by atoms with Crippen LogP contribution in [0.3, 0.4) is 0 Å². The normalized spacial score (nSPS) is 16.2. The number of thiophene rings is 1. The van der Waals surface area contributed by atoms with E-state index < -0.39 is 0 Å². The lowest BCUT2D eigenvalue weighted by atomic mass is 10.1. The van der Waals surface area contributed by atoms with Gasteiger partial charge < -0.3 is 15.0 Å². The third-order valence-electron chi connectivity index (χ3n) is 4.72. The molecule has 2 aromatic heterocycles. The maximum atomic E-state index is 6.11. The van der Waals surface area contributed by atoms with Crippen molar-refractivity contribution >= 4 is 27.2 Å². The zero-order chi connectivity index (χ0) is 17.1. The second-order valence-electron chi connectivity index (χ2n) is 6.62. The molecule has 1 fully saturated rings. The van der Waals surface area contributed by atoms with Crippen LogP contribution in [-0.4, -0.2) is 36.1 Å². The van der Waals surface area contributed by atoms with Gasteiger partial charge in [0.05, 0.1) is 4.70 Å². The summed E-state index contributed by atoms with van der Waals surface area (Å²) in [5.74, 6) is 1.93. The number of hydrogen-bond donors (Lipinski definition) is 1. The predicted octanol–water partition coefficient (Wildman–Crippen LogP) is 4.38. The van der Waals surface area contributed by atoms with Crippen LogP contribution in [0.25, 0.3) is 10.1 Å². The van der Waals surface area contributed by atoms with Crippen molar-refractivity contribution in [1.29, 1.82) is 0 Å². The number of hydrogen-bond acceptors (Lipinski definition) is 5. The average Bonchev–Trinajstić information content (AvgIpc) is 3.12. The van der Waals surface area contributed by atoms with Gasteiger partial charge in [-0.05, 0) is 60.5 Å². The van der Waals surface area contributed by atoms with E-state index in [0.717, 1.165) is 44.0 Å². The van der Waals surface area contributed by atoms with Crippen LogP contribution < -0.4 is 10.1 Å². The lowest BCUT2D eigenvalue weighted by Gasteiger charge is -2.29. The number of nitrogens with zero attached hydrogens (tertiary/aromatic N) is 2. The van der Waals surface area contributed by atoms with Crippen LogP contribution in [-0.2, 0) is 6.54 Å². The lowest BCUT2D eigenvalue weighted by Crippen LogP contribution is -2.35. The molecule has 25 heavy (non-hydrogen) atoms. The summed E-state index contributed by atoms with van der Waals surface area (Å²) in [6.07, 6.45) is 4.42. The first-order chi connectivity index (χ1) is 12.3. The topological polar surface area (TPSA) is 37.4 Å². The summed E-state index contributed by atoms with van der Waals surface area (Å²) in [4.78, 5) is 6.82. The maximum Gasteiger partial charge on any atom is 0.144 e. The van der Waals surface area contributed by atoms with Crippen molar-refractivity contribution in [3.63, 3.8) is 0 Å². The van der Waals surface area contributed by atoms with E-state index in [1.165, 1.54) is 15.6 Å². The lowest BCUT2D eigenvalue weighted by molar-refractivity contribution is 0.114. The Morgan fingerprint density at radius 1 is 1.16 bits per heavy atom. The number of pyridine rings is 1. The molecule has 0 amide bonds. The number of anilines is 1. The Balaban J connectivity index is 1.35. The van der Waals surface area contributed by atoms with Gasteiger partial charge >= 0.3 is 0 Å². The first kappa shape index (κ1) is 16.4. The van der Waals surface area contributed by atoms with E-state index in [1.807, 2.05) is 12.3 Å². The zero-order valence-electron chi connectivity index (χ0n) is 14.4. The summed E-state index contributed by atoms with van der Waals surface area (Å²) in [7, 11) is 2.17. The Hall–Kier alpha value is -2.11. The molecule has 1 saturated heterocycles. The number of nitrogens with one attached hydrogen (secondary N) is 1. The minimum absolute atomic E-state index is 0.348. The molecule has 3 aromatic rings. The third kappa shape index (κ3) is 3.94. The van der Waals surface area contributed by atoms with Gasteiger partial charge in [0.1, 0.15) is 17.7 Å². The summed E-state index contributed by atoms with van der Waals surface area (Å²) in [5.41, 5.74) is 1.23. The van der Waals surface area contributed by atoms with E-state index in [4.69, 9.17) is 4.74 Å². The van der Waals surface area contributed by atoms with Crippen LogP contribution in [0.4, 0.5) is 5.82 Å². The van der Waals surface area contributed by atoms with Gasteiger partial charge in [0.2, 0.25) is 0 Å². The Kier molecular flexibility index (Phi) is 4.85. The minimum Gasteiger partial charge on any atom is -0.490 e. The first-order valence-electron chi connectivity index (χ1n) is 8.78. The second-order valence-corrected chi connectivity index (χ2v) is 7.53. The fraction of sp³-hybridized carbons (Fsp3) is 0.350. The predicted molar refractivity (Wildman–Crippen MR) is 105 cm³/mol. The number of benzene rings is 1. The summed E-state index contributed by atoms with van der Waals surface area (Å²) in [6.45, 7) is 3.00. The molecule has 1 aromatic carbocycles. The van der Waals surface area contributed by atoms with Gasteiger partial charge in [-0.1, -0.05) is 12.1 Å². The molecule has 130 valence electrons. The maximum absolute atomic E-state index is 6.11. The molecule has 5 heteroatoms. The van der Waals surface area contributed by atoms with Crippen molar-refractivity contribution in [2.75, 3.05) is 25.5 Å². The van der Waals surface area contributed by atoms with Gasteiger partial charge in [-0.3, -0.25) is 0 Å². The Morgan fingerprint density at radius 3 is 2.76 bits per heavy atom. The first-order valence-corrected chi connectivity index (χ1v) is 9.66. The van der Waals surface area contributed by atoms with E-state index in [-0.39, 0.29) is 0 Å². The van der Waals surface area contributed by atoms with E-state index in [9.17, 15) is 0 Å². The largest absolute Gasteiger partial charge is 0.490 e. The smallest absolute Gasteiger partial charge is 0.144 e. The molecule has 1 aliphatic rings. The molecule has 0 atom stereocenters. The molecule has 1 N–H and O–H groups in total. The Labute approximate surface area is 152 Å². The van der Waals surface area contributed by atoms with Crippen LogP contribution in [0, 0.1) is 0 Å². The molecule has 4 nitrogen and oxygen atoms in total. The van der Waals surface area contributed by atoms with Crippen LogP contribution in [0.1, 0.15) is 18.4 Å². The van der Waals surface area contributed by atoms with Crippen molar-refractivity contribution in [2.45, 2.75) is 25.5 Å². The minimum atomic E-state index is 0.348. The van der Waals surface area contributed by atoms with Crippen LogP contribution in [0.15, 0.2) is 48.0 Å². The van der Waals surface area contributed by atoms with Gasteiger partial charge in [-0.25, -0.2) is 4.98 Å². The number of likely N-dealkylation sites (tertiary alicyclic amines) is 1. The summed E-state index contributed by atoms with van der Waals surface area (Å²) < 4.78 is 7.32. The molecule has 0 aliphatic carbocycles. The highest BCUT2D eigenvalue weighted by molar-refractivity contribution is 7.17. The molecule has 0 unspecified atom stereocenters. The molecule has 0 saturated carbocycles. The summed E-state index contributed by atoms with van der Waals surface area (Å²) in [6, 6.07) is 12.6. The number of aromatic nitrogens is 1. The standard InChI is InChI=1S/C20H23N3OS/c1-23-11-7-18(8-12-23)24-17-4-2-15(3-5-17)14-22-20-19-16(6-10-21-20)9-13-25-19/h2-6,9-10,13,18H,7-8,11-12,14H2,1H3,(H,21,22). The van der Waals surface area contributed by atoms with Gasteiger partial charge in [0.25, 0.3) is 0 Å². The zero-order valence-corrected chi connectivity index (χ0v) is 15.3. The fourth-order valence-corrected chi connectivity index (χ4v) is 4.05. The van der Waals surface area contributed by atoms with Gasteiger partial charge in [-0.15, -0.1) is 11.3 Å². The SMILES string of the molecule is CN1CCC(Oc2ccc(CNc3nccc4ccsc34)cc2)CC1. The molecular formula is C20H23N3OS. The van der Waals surface area contributed by atoms with Gasteiger partial charge in [0.15, 0.2) is 0 Å².